The predicted molar refractivity (Wildman–Crippen MR) is 98.5 cm³/mol. The van der Waals surface area contributed by atoms with Gasteiger partial charge in [-0.3, -0.25) is 9.59 Å². The van der Waals surface area contributed by atoms with Gasteiger partial charge in [-0.25, -0.2) is 4.68 Å². The summed E-state index contributed by atoms with van der Waals surface area (Å²) in [6, 6.07) is 6.88. The van der Waals surface area contributed by atoms with Gasteiger partial charge in [-0.15, -0.1) is 5.10 Å². The average Bonchev–Trinajstić information content (AvgIpc) is 3.22. The van der Waals surface area contributed by atoms with E-state index in [1.807, 2.05) is 0 Å². The largest absolute Gasteiger partial charge is 0.481 e. The first-order valence-corrected chi connectivity index (χ1v) is 9.48. The number of tetrazole rings is 1. The zero-order valence-corrected chi connectivity index (χ0v) is 15.3. The van der Waals surface area contributed by atoms with Crippen LogP contribution in [0.3, 0.4) is 0 Å². The van der Waals surface area contributed by atoms with Crippen LogP contribution in [0.4, 0.5) is 0 Å². The van der Waals surface area contributed by atoms with Gasteiger partial charge in [0.15, 0.2) is 0 Å². The van der Waals surface area contributed by atoms with E-state index in [4.69, 9.17) is 5.11 Å². The molecule has 1 aliphatic rings. The first-order valence-electron chi connectivity index (χ1n) is 9.48. The van der Waals surface area contributed by atoms with Crippen molar-refractivity contribution in [3.05, 3.63) is 36.2 Å². The van der Waals surface area contributed by atoms with Crippen molar-refractivity contribution in [1.82, 2.24) is 25.5 Å². The van der Waals surface area contributed by atoms with Crippen LogP contribution in [0, 0.1) is 5.92 Å². The molecule has 0 bridgehead atoms. The molecule has 3 rings (SSSR count). The molecule has 8 nitrogen and oxygen atoms in total. The minimum atomic E-state index is -0.830. The van der Waals surface area contributed by atoms with Gasteiger partial charge in [0.2, 0.25) is 0 Å². The van der Waals surface area contributed by atoms with Crippen LogP contribution in [0.15, 0.2) is 30.6 Å². The van der Waals surface area contributed by atoms with Crippen molar-refractivity contribution in [2.75, 3.05) is 0 Å². The summed E-state index contributed by atoms with van der Waals surface area (Å²) >= 11 is 0. The van der Waals surface area contributed by atoms with Gasteiger partial charge in [0, 0.05) is 18.0 Å². The fourth-order valence-electron chi connectivity index (χ4n) is 3.69. The molecule has 8 heteroatoms. The first kappa shape index (κ1) is 19.0. The Hall–Kier alpha value is -2.77. The highest BCUT2D eigenvalue weighted by molar-refractivity contribution is 5.94. The fourth-order valence-corrected chi connectivity index (χ4v) is 3.69. The Morgan fingerprint density at radius 1 is 1.19 bits per heavy atom. The lowest BCUT2D eigenvalue weighted by Crippen LogP contribution is -2.37. The van der Waals surface area contributed by atoms with Gasteiger partial charge in [0.1, 0.15) is 6.33 Å². The zero-order chi connectivity index (χ0) is 19.1. The summed E-state index contributed by atoms with van der Waals surface area (Å²) in [5, 5.41) is 23.0. The SMILES string of the molecule is O=C(O)CCC(CC1CCCCC1)NC(=O)c1ccc(-n2cnnn2)cc1. The summed E-state index contributed by atoms with van der Waals surface area (Å²) in [5.74, 6) is -0.437. The summed E-state index contributed by atoms with van der Waals surface area (Å²) in [6.07, 6.45) is 8.92. The number of rotatable bonds is 8. The van der Waals surface area contributed by atoms with E-state index in [-0.39, 0.29) is 18.4 Å². The molecule has 2 N–H and O–H groups in total. The second kappa shape index (κ2) is 9.25. The summed E-state index contributed by atoms with van der Waals surface area (Å²) in [7, 11) is 0. The number of carboxylic acids is 1. The zero-order valence-electron chi connectivity index (χ0n) is 15.3. The molecule has 1 fully saturated rings. The Labute approximate surface area is 158 Å². The van der Waals surface area contributed by atoms with Gasteiger partial charge in [-0.1, -0.05) is 32.1 Å². The number of hydrogen-bond acceptors (Lipinski definition) is 5. The van der Waals surface area contributed by atoms with Crippen LogP contribution < -0.4 is 5.32 Å². The van der Waals surface area contributed by atoms with Crippen molar-refractivity contribution < 1.29 is 14.7 Å². The molecule has 0 radical (unpaired) electrons. The molecule has 27 heavy (non-hydrogen) atoms. The number of carbonyl (C=O) groups excluding carboxylic acids is 1. The number of carboxylic acid groups (broad SMARTS) is 1. The number of aliphatic carboxylic acids is 1. The molecule has 2 aromatic rings. The Morgan fingerprint density at radius 3 is 2.56 bits per heavy atom. The number of nitrogens with zero attached hydrogens (tertiary/aromatic N) is 4. The monoisotopic (exact) mass is 371 g/mol. The molecule has 1 saturated carbocycles. The lowest BCUT2D eigenvalue weighted by Gasteiger charge is -2.27. The molecule has 1 unspecified atom stereocenters. The predicted octanol–water partition coefficient (Wildman–Crippen LogP) is 2.60. The van der Waals surface area contributed by atoms with Crippen molar-refractivity contribution in [3.63, 3.8) is 0 Å². The minimum Gasteiger partial charge on any atom is -0.481 e. The smallest absolute Gasteiger partial charge is 0.303 e. The van der Waals surface area contributed by atoms with Gasteiger partial charge in [-0.05, 0) is 53.5 Å². The lowest BCUT2D eigenvalue weighted by molar-refractivity contribution is -0.137. The average molecular weight is 371 g/mol. The van der Waals surface area contributed by atoms with Gasteiger partial charge in [-0.2, -0.15) is 0 Å². The van der Waals surface area contributed by atoms with Crippen LogP contribution in [-0.2, 0) is 4.79 Å². The molecule has 0 spiro atoms. The van der Waals surface area contributed by atoms with E-state index >= 15 is 0 Å². The highest BCUT2D eigenvalue weighted by Gasteiger charge is 2.21. The maximum atomic E-state index is 12.6. The van der Waals surface area contributed by atoms with Crippen molar-refractivity contribution in [1.29, 1.82) is 0 Å². The molecule has 0 aliphatic heterocycles. The summed E-state index contributed by atoms with van der Waals surface area (Å²) < 4.78 is 1.51. The molecule has 144 valence electrons. The first-order chi connectivity index (χ1) is 13.1. The molecule has 1 atom stereocenters. The van der Waals surface area contributed by atoms with E-state index in [1.165, 1.54) is 43.1 Å². The number of nitrogens with one attached hydrogen (secondary N) is 1. The van der Waals surface area contributed by atoms with Gasteiger partial charge in [0.25, 0.3) is 5.91 Å². The number of benzene rings is 1. The highest BCUT2D eigenvalue weighted by atomic mass is 16.4. The van der Waals surface area contributed by atoms with E-state index in [0.29, 0.717) is 17.9 Å². The van der Waals surface area contributed by atoms with Crippen LogP contribution in [0.5, 0.6) is 0 Å². The molecular formula is C19H25N5O3. The summed E-state index contributed by atoms with van der Waals surface area (Å²) in [4.78, 5) is 23.6. The molecule has 1 aliphatic carbocycles. The normalized spacial score (nSPS) is 16.0. The summed E-state index contributed by atoms with van der Waals surface area (Å²) in [6.45, 7) is 0. The van der Waals surface area contributed by atoms with E-state index in [1.54, 1.807) is 24.3 Å². The lowest BCUT2D eigenvalue weighted by atomic mass is 9.84. The maximum absolute atomic E-state index is 12.6. The molecular weight excluding hydrogens is 346 g/mol. The molecule has 0 saturated heterocycles. The maximum Gasteiger partial charge on any atom is 0.303 e. The van der Waals surface area contributed by atoms with E-state index in [9.17, 15) is 9.59 Å². The van der Waals surface area contributed by atoms with Crippen molar-refractivity contribution >= 4 is 11.9 Å². The fraction of sp³-hybridized carbons (Fsp3) is 0.526. The molecule has 1 aromatic carbocycles. The quantitative estimate of drug-likeness (QED) is 0.738. The third-order valence-electron chi connectivity index (χ3n) is 5.13. The minimum absolute atomic E-state index is 0.0654. The standard InChI is InChI=1S/C19H25N5O3/c25-18(26)11-8-16(12-14-4-2-1-3-5-14)21-19(27)15-6-9-17(10-7-15)24-13-20-22-23-24/h6-7,9-10,13-14,16H,1-5,8,11-12H2,(H,21,27)(H,25,26). The van der Waals surface area contributed by atoms with Gasteiger partial charge in [0.05, 0.1) is 5.69 Å². The topological polar surface area (TPSA) is 110 Å². The van der Waals surface area contributed by atoms with Crippen molar-refractivity contribution in [2.24, 2.45) is 5.92 Å². The van der Waals surface area contributed by atoms with Crippen molar-refractivity contribution in [2.45, 2.75) is 57.4 Å². The van der Waals surface area contributed by atoms with Gasteiger partial charge < -0.3 is 10.4 Å². The van der Waals surface area contributed by atoms with E-state index < -0.39 is 5.97 Å². The molecule has 1 amide bonds. The van der Waals surface area contributed by atoms with Crippen molar-refractivity contribution in [3.8, 4) is 5.69 Å². The van der Waals surface area contributed by atoms with Crippen LogP contribution >= 0.6 is 0 Å². The third kappa shape index (κ3) is 5.60. The number of amides is 1. The van der Waals surface area contributed by atoms with Crippen LogP contribution in [0.25, 0.3) is 5.69 Å². The Morgan fingerprint density at radius 2 is 1.93 bits per heavy atom. The van der Waals surface area contributed by atoms with E-state index in [0.717, 1.165) is 12.1 Å². The second-order valence-electron chi connectivity index (χ2n) is 7.14. The number of carbonyl (C=O) groups is 2. The molecule has 1 aromatic heterocycles. The van der Waals surface area contributed by atoms with Crippen LogP contribution in [0.2, 0.25) is 0 Å². The highest BCUT2D eigenvalue weighted by Crippen LogP contribution is 2.28. The van der Waals surface area contributed by atoms with Crippen LogP contribution in [0.1, 0.15) is 61.7 Å². The Balaban J connectivity index is 1.62. The van der Waals surface area contributed by atoms with Crippen LogP contribution in [-0.4, -0.2) is 43.2 Å². The molecule has 1 heterocycles. The number of hydrogen-bond donors (Lipinski definition) is 2. The Kier molecular flexibility index (Phi) is 6.51. The third-order valence-corrected chi connectivity index (χ3v) is 5.13. The van der Waals surface area contributed by atoms with E-state index in [2.05, 4.69) is 20.8 Å². The number of aromatic nitrogens is 4. The Bertz CT molecular complexity index is 739. The van der Waals surface area contributed by atoms with Gasteiger partial charge >= 0.3 is 5.97 Å². The summed E-state index contributed by atoms with van der Waals surface area (Å²) in [5.41, 5.74) is 1.30. The second-order valence-corrected chi connectivity index (χ2v) is 7.14.